The Morgan fingerprint density at radius 2 is 1.82 bits per heavy atom. The Kier molecular flexibility index (Phi) is 4.35. The van der Waals surface area contributed by atoms with Gasteiger partial charge in [-0.1, -0.05) is 50.2 Å². The van der Waals surface area contributed by atoms with Crippen LogP contribution in [0, 0.1) is 5.92 Å². The van der Waals surface area contributed by atoms with Crippen molar-refractivity contribution in [3.8, 4) is 0 Å². The number of hydrogen-bond donors (Lipinski definition) is 1. The first kappa shape index (κ1) is 12.3. The lowest BCUT2D eigenvalue weighted by Gasteiger charge is -2.21. The number of rotatable bonds is 5. The zero-order valence-corrected chi connectivity index (χ0v) is 11.2. The van der Waals surface area contributed by atoms with Crippen molar-refractivity contribution in [2.24, 2.45) is 5.92 Å². The van der Waals surface area contributed by atoms with Crippen LogP contribution in [0.3, 0.4) is 0 Å². The van der Waals surface area contributed by atoms with Gasteiger partial charge in [0.15, 0.2) is 0 Å². The molecule has 1 N–H and O–H groups in total. The zero-order valence-electron chi connectivity index (χ0n) is 10.4. The lowest BCUT2D eigenvalue weighted by atomic mass is 10.0. The molecule has 0 radical (unpaired) electrons. The molecule has 1 aromatic heterocycles. The van der Waals surface area contributed by atoms with E-state index in [0.29, 0.717) is 12.0 Å². The van der Waals surface area contributed by atoms with E-state index in [1.807, 2.05) is 11.3 Å². The van der Waals surface area contributed by atoms with Crippen molar-refractivity contribution >= 4 is 11.3 Å². The van der Waals surface area contributed by atoms with Gasteiger partial charge < -0.3 is 5.32 Å². The first-order chi connectivity index (χ1) is 8.27. The highest BCUT2D eigenvalue weighted by Gasteiger charge is 2.15. The highest BCUT2D eigenvalue weighted by Crippen LogP contribution is 2.26. The van der Waals surface area contributed by atoms with E-state index in [1.54, 1.807) is 0 Å². The van der Waals surface area contributed by atoms with Crippen LogP contribution in [0.5, 0.6) is 0 Å². The Hall–Kier alpha value is -1.12. The van der Waals surface area contributed by atoms with Crippen molar-refractivity contribution < 1.29 is 0 Å². The maximum Gasteiger partial charge on any atom is 0.0440 e. The summed E-state index contributed by atoms with van der Waals surface area (Å²) < 4.78 is 0. The summed E-state index contributed by atoms with van der Waals surface area (Å²) in [5.74, 6) is 0.609. The normalized spacial score (nSPS) is 12.9. The second-order valence-electron chi connectivity index (χ2n) is 4.60. The molecule has 0 spiro atoms. The lowest BCUT2D eigenvalue weighted by molar-refractivity contribution is 0.416. The van der Waals surface area contributed by atoms with E-state index in [2.05, 4.69) is 67.0 Å². The van der Waals surface area contributed by atoms with Gasteiger partial charge >= 0.3 is 0 Å². The van der Waals surface area contributed by atoms with E-state index in [-0.39, 0.29) is 0 Å². The van der Waals surface area contributed by atoms with E-state index in [4.69, 9.17) is 0 Å². The molecule has 1 nitrogen and oxygen atoms in total. The average molecular weight is 245 g/mol. The predicted molar refractivity (Wildman–Crippen MR) is 75.2 cm³/mol. The van der Waals surface area contributed by atoms with Gasteiger partial charge in [-0.25, -0.2) is 0 Å². The molecule has 0 aliphatic carbocycles. The van der Waals surface area contributed by atoms with E-state index < -0.39 is 0 Å². The predicted octanol–water partition coefficient (Wildman–Crippen LogP) is 4.24. The average Bonchev–Trinajstić information content (AvgIpc) is 2.84. The van der Waals surface area contributed by atoms with Crippen LogP contribution in [0.25, 0.3) is 0 Å². The van der Waals surface area contributed by atoms with Crippen molar-refractivity contribution in [3.63, 3.8) is 0 Å². The van der Waals surface area contributed by atoms with Crippen LogP contribution in [0.15, 0.2) is 47.8 Å². The number of thiophene rings is 1. The molecule has 90 valence electrons. The third-order valence-corrected chi connectivity index (χ3v) is 3.84. The standard InChI is InChI=1S/C15H19NS/c1-12(2)15(14-9-6-10-17-14)16-11-13-7-4-3-5-8-13/h3-10,12,15-16H,11H2,1-2H3. The highest BCUT2D eigenvalue weighted by atomic mass is 32.1. The quantitative estimate of drug-likeness (QED) is 0.831. The largest absolute Gasteiger partial charge is 0.305 e. The van der Waals surface area contributed by atoms with Gasteiger partial charge in [0.25, 0.3) is 0 Å². The fraction of sp³-hybridized carbons (Fsp3) is 0.333. The van der Waals surface area contributed by atoms with Gasteiger partial charge in [-0.15, -0.1) is 11.3 Å². The summed E-state index contributed by atoms with van der Waals surface area (Å²) in [7, 11) is 0. The van der Waals surface area contributed by atoms with Crippen LogP contribution < -0.4 is 5.32 Å². The SMILES string of the molecule is CC(C)C(NCc1ccccc1)c1cccs1. The second-order valence-corrected chi connectivity index (χ2v) is 5.58. The molecular weight excluding hydrogens is 226 g/mol. The van der Waals surface area contributed by atoms with Crippen molar-refractivity contribution in [1.29, 1.82) is 0 Å². The van der Waals surface area contributed by atoms with E-state index in [0.717, 1.165) is 6.54 Å². The van der Waals surface area contributed by atoms with Crippen molar-refractivity contribution in [2.45, 2.75) is 26.4 Å². The monoisotopic (exact) mass is 245 g/mol. The van der Waals surface area contributed by atoms with Gasteiger partial charge in [0.05, 0.1) is 0 Å². The minimum Gasteiger partial charge on any atom is -0.305 e. The number of benzene rings is 1. The van der Waals surface area contributed by atoms with E-state index >= 15 is 0 Å². The molecule has 0 amide bonds. The summed E-state index contributed by atoms with van der Waals surface area (Å²) in [6.45, 7) is 5.46. The Morgan fingerprint density at radius 1 is 1.06 bits per heavy atom. The topological polar surface area (TPSA) is 12.0 Å². The van der Waals surface area contributed by atoms with Gasteiger partial charge in [-0.3, -0.25) is 0 Å². The molecule has 0 saturated carbocycles. The van der Waals surface area contributed by atoms with Gasteiger partial charge in [-0.05, 0) is 22.9 Å². The van der Waals surface area contributed by atoms with Crippen molar-refractivity contribution in [3.05, 3.63) is 58.3 Å². The third-order valence-electron chi connectivity index (χ3n) is 2.89. The maximum atomic E-state index is 3.65. The molecule has 2 aromatic rings. The van der Waals surface area contributed by atoms with Crippen LogP contribution in [-0.2, 0) is 6.54 Å². The molecule has 1 aromatic carbocycles. The van der Waals surface area contributed by atoms with Crippen LogP contribution in [0.1, 0.15) is 30.3 Å². The summed E-state index contributed by atoms with van der Waals surface area (Å²) in [6, 6.07) is 15.4. The van der Waals surface area contributed by atoms with Crippen LogP contribution in [0.4, 0.5) is 0 Å². The van der Waals surface area contributed by atoms with Crippen molar-refractivity contribution in [1.82, 2.24) is 5.32 Å². The summed E-state index contributed by atoms with van der Waals surface area (Å²) in [5, 5.41) is 5.80. The van der Waals surface area contributed by atoms with Gasteiger partial charge in [0.1, 0.15) is 0 Å². The van der Waals surface area contributed by atoms with Crippen molar-refractivity contribution in [2.75, 3.05) is 0 Å². The molecule has 1 atom stereocenters. The zero-order chi connectivity index (χ0) is 12.1. The molecule has 0 bridgehead atoms. The molecule has 2 heteroatoms. The fourth-order valence-electron chi connectivity index (χ4n) is 1.96. The Labute approximate surface area is 108 Å². The van der Waals surface area contributed by atoms with Gasteiger partial charge in [-0.2, -0.15) is 0 Å². The smallest absolute Gasteiger partial charge is 0.0440 e. The highest BCUT2D eigenvalue weighted by molar-refractivity contribution is 7.10. The third kappa shape index (κ3) is 3.42. The van der Waals surface area contributed by atoms with Gasteiger partial charge in [0, 0.05) is 17.5 Å². The first-order valence-corrected chi connectivity index (χ1v) is 6.96. The van der Waals surface area contributed by atoms with Crippen LogP contribution in [-0.4, -0.2) is 0 Å². The Balaban J connectivity index is 2.00. The maximum absolute atomic E-state index is 3.65. The molecule has 0 aliphatic heterocycles. The van der Waals surface area contributed by atoms with Crippen LogP contribution >= 0.6 is 11.3 Å². The minimum absolute atomic E-state index is 0.454. The molecule has 2 rings (SSSR count). The Bertz CT molecular complexity index is 419. The Morgan fingerprint density at radius 3 is 2.41 bits per heavy atom. The summed E-state index contributed by atoms with van der Waals surface area (Å²) in [6.07, 6.45) is 0. The molecule has 1 unspecified atom stereocenters. The molecule has 0 saturated heterocycles. The molecule has 1 heterocycles. The van der Waals surface area contributed by atoms with E-state index in [9.17, 15) is 0 Å². The molecular formula is C15H19NS. The van der Waals surface area contributed by atoms with Gasteiger partial charge in [0.2, 0.25) is 0 Å². The lowest BCUT2D eigenvalue weighted by Crippen LogP contribution is -2.24. The summed E-state index contributed by atoms with van der Waals surface area (Å²) in [4.78, 5) is 1.43. The number of hydrogen-bond acceptors (Lipinski definition) is 2. The minimum atomic E-state index is 0.454. The molecule has 0 fully saturated rings. The number of nitrogens with one attached hydrogen (secondary N) is 1. The second kappa shape index (κ2) is 5.99. The summed E-state index contributed by atoms with van der Waals surface area (Å²) in [5.41, 5.74) is 1.34. The van der Waals surface area contributed by atoms with E-state index in [1.165, 1.54) is 10.4 Å². The molecule has 17 heavy (non-hydrogen) atoms. The first-order valence-electron chi connectivity index (χ1n) is 6.08. The van der Waals surface area contributed by atoms with Crippen LogP contribution in [0.2, 0.25) is 0 Å². The fourth-order valence-corrected chi connectivity index (χ4v) is 2.93. The summed E-state index contributed by atoms with van der Waals surface area (Å²) >= 11 is 1.83. The molecule has 0 aliphatic rings.